The molecule has 102 valence electrons. The van der Waals surface area contributed by atoms with Gasteiger partial charge in [-0.05, 0) is 17.5 Å². The lowest BCUT2D eigenvalue weighted by molar-refractivity contribution is -0.153. The van der Waals surface area contributed by atoms with Gasteiger partial charge in [-0.15, -0.1) is 0 Å². The maximum absolute atomic E-state index is 12.3. The molecule has 0 aromatic heterocycles. The molecule has 0 saturated heterocycles. The summed E-state index contributed by atoms with van der Waals surface area (Å²) in [5, 5.41) is 9.34. The first-order chi connectivity index (χ1) is 9.04. The highest BCUT2D eigenvalue weighted by Crippen LogP contribution is 2.25. The Labute approximate surface area is 113 Å². The van der Waals surface area contributed by atoms with Crippen LogP contribution in [0.4, 0.5) is 0 Å². The molecular weight excluding hydrogens is 242 g/mol. The molecule has 4 nitrogen and oxygen atoms in total. The molecule has 0 bridgehead atoms. The van der Waals surface area contributed by atoms with Gasteiger partial charge in [0, 0.05) is 18.9 Å². The number of carboxylic acids is 1. The number of amides is 1. The van der Waals surface area contributed by atoms with Crippen LogP contribution in [0.2, 0.25) is 0 Å². The second-order valence-corrected chi connectivity index (χ2v) is 5.10. The maximum Gasteiger partial charge on any atom is 0.326 e. The van der Waals surface area contributed by atoms with Gasteiger partial charge >= 0.3 is 5.97 Å². The van der Waals surface area contributed by atoms with E-state index in [4.69, 9.17) is 0 Å². The molecule has 1 aliphatic rings. The molecule has 2 atom stereocenters. The van der Waals surface area contributed by atoms with E-state index in [2.05, 4.69) is 0 Å². The van der Waals surface area contributed by atoms with Crippen molar-refractivity contribution in [1.82, 2.24) is 4.90 Å². The molecule has 1 aromatic rings. The Morgan fingerprint density at radius 2 is 2.00 bits per heavy atom. The van der Waals surface area contributed by atoms with E-state index in [1.165, 1.54) is 4.90 Å². The van der Waals surface area contributed by atoms with Crippen LogP contribution in [0.1, 0.15) is 31.4 Å². The molecule has 1 aliphatic heterocycles. The Bertz CT molecular complexity index is 498. The number of rotatable bonds is 3. The van der Waals surface area contributed by atoms with Crippen LogP contribution < -0.4 is 0 Å². The van der Waals surface area contributed by atoms with Crippen molar-refractivity contribution in [2.24, 2.45) is 5.92 Å². The van der Waals surface area contributed by atoms with E-state index in [0.717, 1.165) is 17.5 Å². The summed E-state index contributed by atoms with van der Waals surface area (Å²) in [5.74, 6) is -1.12. The number of carbonyl (C=O) groups excluding carboxylic acids is 1. The fourth-order valence-electron chi connectivity index (χ4n) is 2.43. The second kappa shape index (κ2) is 5.43. The first-order valence-corrected chi connectivity index (χ1v) is 6.64. The molecule has 1 amide bonds. The summed E-state index contributed by atoms with van der Waals surface area (Å²) in [6.45, 7) is 4.19. The smallest absolute Gasteiger partial charge is 0.326 e. The quantitative estimate of drug-likeness (QED) is 0.906. The van der Waals surface area contributed by atoms with E-state index >= 15 is 0 Å². The largest absolute Gasteiger partial charge is 0.480 e. The monoisotopic (exact) mass is 261 g/mol. The van der Waals surface area contributed by atoms with Gasteiger partial charge in [0.05, 0.1) is 0 Å². The fourth-order valence-corrected chi connectivity index (χ4v) is 2.43. The molecule has 2 rings (SSSR count). The minimum atomic E-state index is -0.925. The minimum Gasteiger partial charge on any atom is -0.480 e. The molecule has 1 unspecified atom stereocenters. The fraction of sp³-hybridized carbons (Fsp3) is 0.467. The van der Waals surface area contributed by atoms with Gasteiger partial charge in [0.25, 0.3) is 0 Å². The van der Waals surface area contributed by atoms with Crippen LogP contribution in [-0.4, -0.2) is 27.9 Å². The predicted octanol–water partition coefficient (Wildman–Crippen LogP) is 2.07. The SMILES string of the molecule is CCC(C)C(=O)N1Cc2ccccc2C[C@H]1C(=O)O. The normalized spacial score (nSPS) is 19.7. The maximum atomic E-state index is 12.3. The average molecular weight is 261 g/mol. The molecule has 0 fully saturated rings. The van der Waals surface area contributed by atoms with E-state index in [1.54, 1.807) is 0 Å². The van der Waals surface area contributed by atoms with Gasteiger partial charge in [-0.3, -0.25) is 4.79 Å². The number of benzene rings is 1. The summed E-state index contributed by atoms with van der Waals surface area (Å²) in [6, 6.07) is 6.99. The zero-order valence-electron chi connectivity index (χ0n) is 11.3. The van der Waals surface area contributed by atoms with Crippen molar-refractivity contribution in [3.05, 3.63) is 35.4 Å². The van der Waals surface area contributed by atoms with Crippen LogP contribution in [0.15, 0.2) is 24.3 Å². The van der Waals surface area contributed by atoms with Crippen LogP contribution in [0.25, 0.3) is 0 Å². The van der Waals surface area contributed by atoms with Gasteiger partial charge in [0.1, 0.15) is 6.04 Å². The molecular formula is C15H19NO3. The zero-order chi connectivity index (χ0) is 14.0. The minimum absolute atomic E-state index is 0.0654. The molecule has 0 radical (unpaired) electrons. The van der Waals surface area contributed by atoms with Gasteiger partial charge in [-0.2, -0.15) is 0 Å². The lowest BCUT2D eigenvalue weighted by Gasteiger charge is -2.35. The molecule has 0 spiro atoms. The number of hydrogen-bond acceptors (Lipinski definition) is 2. The Morgan fingerprint density at radius 3 is 2.58 bits per heavy atom. The Hall–Kier alpha value is -1.84. The number of nitrogens with zero attached hydrogens (tertiary/aromatic N) is 1. The summed E-state index contributed by atoms with van der Waals surface area (Å²) < 4.78 is 0. The first kappa shape index (κ1) is 13.6. The Morgan fingerprint density at radius 1 is 1.37 bits per heavy atom. The van der Waals surface area contributed by atoms with Crippen molar-refractivity contribution in [1.29, 1.82) is 0 Å². The highest BCUT2D eigenvalue weighted by Gasteiger charge is 2.35. The van der Waals surface area contributed by atoms with Gasteiger partial charge in [0.2, 0.25) is 5.91 Å². The van der Waals surface area contributed by atoms with E-state index in [0.29, 0.717) is 13.0 Å². The Balaban J connectivity index is 2.31. The van der Waals surface area contributed by atoms with E-state index in [9.17, 15) is 14.7 Å². The van der Waals surface area contributed by atoms with Gasteiger partial charge < -0.3 is 10.0 Å². The van der Waals surface area contributed by atoms with Crippen molar-refractivity contribution in [3.8, 4) is 0 Å². The summed E-state index contributed by atoms with van der Waals surface area (Å²) in [5.41, 5.74) is 2.08. The summed E-state index contributed by atoms with van der Waals surface area (Å²) in [4.78, 5) is 25.2. The van der Waals surface area contributed by atoms with Crippen LogP contribution in [-0.2, 0) is 22.6 Å². The predicted molar refractivity (Wildman–Crippen MR) is 71.6 cm³/mol. The molecule has 0 aliphatic carbocycles. The standard InChI is InChI=1S/C15H19NO3/c1-3-10(2)14(17)16-9-12-7-5-4-6-11(12)8-13(16)15(18)19/h4-7,10,13H,3,8-9H2,1-2H3,(H,18,19)/t10?,13-/m0/s1. The summed E-state index contributed by atoms with van der Waals surface area (Å²) >= 11 is 0. The van der Waals surface area contributed by atoms with E-state index in [1.807, 2.05) is 38.1 Å². The third-order valence-electron chi connectivity index (χ3n) is 3.85. The number of carboxylic acid groups (broad SMARTS) is 1. The number of hydrogen-bond donors (Lipinski definition) is 1. The van der Waals surface area contributed by atoms with E-state index < -0.39 is 12.0 Å². The highest BCUT2D eigenvalue weighted by molar-refractivity contribution is 5.85. The van der Waals surface area contributed by atoms with Crippen molar-refractivity contribution < 1.29 is 14.7 Å². The molecule has 1 aromatic carbocycles. The van der Waals surface area contributed by atoms with Crippen LogP contribution in [0.5, 0.6) is 0 Å². The zero-order valence-corrected chi connectivity index (χ0v) is 11.3. The molecule has 1 heterocycles. The average Bonchev–Trinajstić information content (AvgIpc) is 2.44. The third kappa shape index (κ3) is 2.62. The van der Waals surface area contributed by atoms with Crippen LogP contribution >= 0.6 is 0 Å². The van der Waals surface area contributed by atoms with E-state index in [-0.39, 0.29) is 11.8 Å². The number of aliphatic carboxylic acids is 1. The lowest BCUT2D eigenvalue weighted by Crippen LogP contribution is -2.50. The van der Waals surface area contributed by atoms with Crippen molar-refractivity contribution in [3.63, 3.8) is 0 Å². The third-order valence-corrected chi connectivity index (χ3v) is 3.85. The highest BCUT2D eigenvalue weighted by atomic mass is 16.4. The summed E-state index contributed by atoms with van der Waals surface area (Å²) in [7, 11) is 0. The first-order valence-electron chi connectivity index (χ1n) is 6.64. The number of fused-ring (bicyclic) bond motifs is 1. The van der Waals surface area contributed by atoms with Crippen LogP contribution in [0.3, 0.4) is 0 Å². The summed E-state index contributed by atoms with van der Waals surface area (Å²) in [6.07, 6.45) is 1.12. The van der Waals surface area contributed by atoms with Crippen LogP contribution in [0, 0.1) is 5.92 Å². The van der Waals surface area contributed by atoms with Crippen molar-refractivity contribution >= 4 is 11.9 Å². The van der Waals surface area contributed by atoms with Gasteiger partial charge in [-0.1, -0.05) is 38.1 Å². The lowest BCUT2D eigenvalue weighted by atomic mass is 9.92. The molecule has 1 N–H and O–H groups in total. The molecule has 4 heteroatoms. The van der Waals surface area contributed by atoms with Crippen molar-refractivity contribution in [2.75, 3.05) is 0 Å². The van der Waals surface area contributed by atoms with Crippen molar-refractivity contribution in [2.45, 2.75) is 39.3 Å². The topological polar surface area (TPSA) is 57.6 Å². The number of carbonyl (C=O) groups is 2. The second-order valence-electron chi connectivity index (χ2n) is 5.10. The van der Waals surface area contributed by atoms with Gasteiger partial charge in [-0.25, -0.2) is 4.79 Å². The van der Waals surface area contributed by atoms with Gasteiger partial charge in [0.15, 0.2) is 0 Å². The molecule has 0 saturated carbocycles. The molecule has 19 heavy (non-hydrogen) atoms. The Kier molecular flexibility index (Phi) is 3.88.